The number of aryl methyl sites for hydroxylation is 1. The van der Waals surface area contributed by atoms with Crippen molar-refractivity contribution in [2.45, 2.75) is 31.9 Å². The van der Waals surface area contributed by atoms with Gasteiger partial charge < -0.3 is 19.8 Å². The van der Waals surface area contributed by atoms with Crippen LogP contribution in [0.25, 0.3) is 4.96 Å². The SMILES string of the molecule is COc1cccc([C@@H](c2sc3nc(C)nn3c2O)[NH+]2CCC(O)CC2)c1. The van der Waals surface area contributed by atoms with Gasteiger partial charge in [-0.2, -0.15) is 4.52 Å². The maximum Gasteiger partial charge on any atom is 0.235 e. The monoisotopic (exact) mass is 375 g/mol. The number of hydrogen-bond acceptors (Lipinski definition) is 6. The number of thiazole rings is 1. The van der Waals surface area contributed by atoms with Gasteiger partial charge in [-0.1, -0.05) is 23.5 Å². The van der Waals surface area contributed by atoms with Crippen LogP contribution in [0.4, 0.5) is 0 Å². The molecular formula is C18H23N4O3S+. The van der Waals surface area contributed by atoms with Gasteiger partial charge in [-0.3, -0.25) is 0 Å². The van der Waals surface area contributed by atoms with Crippen molar-refractivity contribution < 1.29 is 19.8 Å². The fraction of sp³-hybridized carbons (Fsp3) is 0.444. The van der Waals surface area contributed by atoms with Crippen molar-refractivity contribution in [2.24, 2.45) is 0 Å². The summed E-state index contributed by atoms with van der Waals surface area (Å²) in [5, 5.41) is 25.0. The summed E-state index contributed by atoms with van der Waals surface area (Å²) in [6.07, 6.45) is 1.29. The molecule has 1 aromatic carbocycles. The summed E-state index contributed by atoms with van der Waals surface area (Å²) in [7, 11) is 1.65. The van der Waals surface area contributed by atoms with E-state index in [1.54, 1.807) is 7.11 Å². The average molecular weight is 375 g/mol. The lowest BCUT2D eigenvalue weighted by Gasteiger charge is -2.33. The minimum absolute atomic E-state index is 0.0496. The number of fused-ring (bicyclic) bond motifs is 1. The lowest BCUT2D eigenvalue weighted by molar-refractivity contribution is -0.931. The summed E-state index contributed by atoms with van der Waals surface area (Å²) in [6.45, 7) is 3.50. The van der Waals surface area contributed by atoms with Crippen molar-refractivity contribution in [3.8, 4) is 11.6 Å². The number of aliphatic hydroxyl groups excluding tert-OH is 1. The molecule has 0 radical (unpaired) electrons. The molecule has 3 aromatic rings. The topological polar surface area (TPSA) is 84.3 Å². The second-order valence-corrected chi connectivity index (χ2v) is 7.75. The first kappa shape index (κ1) is 17.3. The lowest BCUT2D eigenvalue weighted by atomic mass is 9.99. The maximum absolute atomic E-state index is 10.8. The van der Waals surface area contributed by atoms with Crippen molar-refractivity contribution >= 4 is 16.3 Å². The quantitative estimate of drug-likeness (QED) is 0.632. The van der Waals surface area contributed by atoms with E-state index in [0.717, 1.165) is 42.1 Å². The van der Waals surface area contributed by atoms with E-state index in [9.17, 15) is 10.2 Å². The van der Waals surface area contributed by atoms with Gasteiger partial charge in [0.15, 0.2) is 6.04 Å². The third kappa shape index (κ3) is 3.04. The molecule has 1 fully saturated rings. The predicted octanol–water partition coefficient (Wildman–Crippen LogP) is 0.942. The minimum Gasteiger partial charge on any atom is -0.497 e. The summed E-state index contributed by atoms with van der Waals surface area (Å²) in [5.74, 6) is 1.58. The van der Waals surface area contributed by atoms with Crippen molar-refractivity contribution in [3.05, 3.63) is 40.5 Å². The number of hydrogen-bond donors (Lipinski definition) is 3. The maximum atomic E-state index is 10.8. The van der Waals surface area contributed by atoms with Gasteiger partial charge in [0.25, 0.3) is 0 Å². The van der Waals surface area contributed by atoms with E-state index in [0.29, 0.717) is 10.8 Å². The number of methoxy groups -OCH3 is 1. The molecule has 3 heterocycles. The number of piperidine rings is 1. The van der Waals surface area contributed by atoms with Crippen LogP contribution in [0, 0.1) is 6.92 Å². The average Bonchev–Trinajstić information content (AvgIpc) is 3.15. The van der Waals surface area contributed by atoms with Crippen molar-refractivity contribution in [1.29, 1.82) is 0 Å². The number of quaternary nitrogens is 1. The highest BCUT2D eigenvalue weighted by Crippen LogP contribution is 2.36. The summed E-state index contributed by atoms with van der Waals surface area (Å²) in [6, 6.07) is 7.92. The second kappa shape index (κ2) is 6.86. The van der Waals surface area contributed by atoms with Crippen LogP contribution in [0.3, 0.4) is 0 Å². The first-order chi connectivity index (χ1) is 12.6. The minimum atomic E-state index is -0.233. The first-order valence-electron chi connectivity index (χ1n) is 8.78. The van der Waals surface area contributed by atoms with E-state index in [2.05, 4.69) is 16.1 Å². The molecule has 0 spiro atoms. The van der Waals surface area contributed by atoms with Crippen LogP contribution in [0.1, 0.15) is 35.1 Å². The van der Waals surface area contributed by atoms with Crippen molar-refractivity contribution in [1.82, 2.24) is 14.6 Å². The Morgan fingerprint density at radius 2 is 2.12 bits per heavy atom. The van der Waals surface area contributed by atoms with Gasteiger partial charge in [-0.25, -0.2) is 4.98 Å². The summed E-state index contributed by atoms with van der Waals surface area (Å²) < 4.78 is 6.91. The molecule has 8 heteroatoms. The predicted molar refractivity (Wildman–Crippen MR) is 98.0 cm³/mol. The first-order valence-corrected chi connectivity index (χ1v) is 9.60. The number of nitrogens with one attached hydrogen (secondary N) is 1. The number of benzene rings is 1. The molecule has 7 nitrogen and oxygen atoms in total. The fourth-order valence-electron chi connectivity index (χ4n) is 3.69. The number of aromatic hydroxyl groups is 1. The molecule has 0 amide bonds. The molecule has 138 valence electrons. The highest BCUT2D eigenvalue weighted by Gasteiger charge is 2.35. The Hall–Kier alpha value is -2.16. The summed E-state index contributed by atoms with van der Waals surface area (Å²) >= 11 is 1.47. The zero-order valence-electron chi connectivity index (χ0n) is 14.8. The van der Waals surface area contributed by atoms with E-state index in [1.165, 1.54) is 20.8 Å². The van der Waals surface area contributed by atoms with Gasteiger partial charge in [0.05, 0.1) is 26.3 Å². The molecule has 0 aliphatic carbocycles. The van der Waals surface area contributed by atoms with E-state index in [1.807, 2.05) is 25.1 Å². The van der Waals surface area contributed by atoms with Crippen LogP contribution >= 0.6 is 11.3 Å². The zero-order chi connectivity index (χ0) is 18.3. The highest BCUT2D eigenvalue weighted by molar-refractivity contribution is 7.17. The van der Waals surface area contributed by atoms with Crippen molar-refractivity contribution in [2.75, 3.05) is 20.2 Å². The molecule has 1 saturated heterocycles. The second-order valence-electron chi connectivity index (χ2n) is 6.74. The molecule has 1 aliphatic heterocycles. The van der Waals surface area contributed by atoms with Gasteiger partial charge in [0.1, 0.15) is 16.5 Å². The molecule has 1 aliphatic rings. The molecule has 0 saturated carbocycles. The van der Waals surface area contributed by atoms with E-state index < -0.39 is 0 Å². The fourth-order valence-corrected chi connectivity index (χ4v) is 4.88. The highest BCUT2D eigenvalue weighted by atomic mass is 32.1. The van der Waals surface area contributed by atoms with Crippen LogP contribution in [0.5, 0.6) is 11.6 Å². The summed E-state index contributed by atoms with van der Waals surface area (Å²) in [4.78, 5) is 7.26. The Kier molecular flexibility index (Phi) is 4.56. The standard InChI is InChI=1S/C18H22N4O3S/c1-11-19-18-22(20-11)17(24)16(26-18)15(21-8-6-13(23)7-9-21)12-4-3-5-14(10-12)25-2/h3-5,10,13,15,23-24H,6-9H2,1-2H3/p+1/t15-/m0/s1. The van der Waals surface area contributed by atoms with Gasteiger partial charge in [-0.15, -0.1) is 5.10 Å². The number of nitrogens with zero attached hydrogens (tertiary/aromatic N) is 3. The summed E-state index contributed by atoms with van der Waals surface area (Å²) in [5.41, 5.74) is 1.08. The third-order valence-electron chi connectivity index (χ3n) is 5.00. The number of ether oxygens (including phenoxy) is 1. The number of likely N-dealkylation sites (tertiary alicyclic amines) is 1. The molecular weight excluding hydrogens is 352 g/mol. The Morgan fingerprint density at radius 1 is 1.35 bits per heavy atom. The largest absolute Gasteiger partial charge is 0.497 e. The number of rotatable bonds is 4. The number of aliphatic hydroxyl groups is 1. The molecule has 3 N–H and O–H groups in total. The van der Waals surface area contributed by atoms with Crippen LogP contribution in [0.15, 0.2) is 24.3 Å². The molecule has 2 aromatic heterocycles. The van der Waals surface area contributed by atoms with Gasteiger partial charge in [0, 0.05) is 18.4 Å². The Labute approximate surface area is 155 Å². The van der Waals surface area contributed by atoms with E-state index >= 15 is 0 Å². The zero-order valence-corrected chi connectivity index (χ0v) is 15.7. The Balaban J connectivity index is 1.80. The number of aromatic nitrogens is 3. The Bertz CT molecular complexity index is 914. The van der Waals surface area contributed by atoms with Crippen LogP contribution in [-0.2, 0) is 0 Å². The molecule has 0 bridgehead atoms. The smallest absolute Gasteiger partial charge is 0.235 e. The van der Waals surface area contributed by atoms with E-state index in [-0.39, 0.29) is 18.0 Å². The third-order valence-corrected chi connectivity index (χ3v) is 6.09. The van der Waals surface area contributed by atoms with Crippen LogP contribution in [-0.4, -0.2) is 51.1 Å². The normalized spacial score (nSPS) is 21.8. The molecule has 1 atom stereocenters. The van der Waals surface area contributed by atoms with Crippen molar-refractivity contribution in [3.63, 3.8) is 0 Å². The van der Waals surface area contributed by atoms with Crippen LogP contribution in [0.2, 0.25) is 0 Å². The van der Waals surface area contributed by atoms with E-state index in [4.69, 9.17) is 4.74 Å². The van der Waals surface area contributed by atoms with Gasteiger partial charge in [0.2, 0.25) is 10.8 Å². The lowest BCUT2D eigenvalue weighted by Crippen LogP contribution is -3.13. The van der Waals surface area contributed by atoms with Gasteiger partial charge in [-0.05, 0) is 19.1 Å². The molecule has 0 unspecified atom stereocenters. The molecule has 26 heavy (non-hydrogen) atoms. The van der Waals surface area contributed by atoms with Gasteiger partial charge >= 0.3 is 0 Å². The van der Waals surface area contributed by atoms with Crippen LogP contribution < -0.4 is 9.64 Å². The molecule has 4 rings (SSSR count). The Morgan fingerprint density at radius 3 is 2.81 bits per heavy atom.